The van der Waals surface area contributed by atoms with Crippen LogP contribution in [0.1, 0.15) is 79.1 Å². The van der Waals surface area contributed by atoms with Crippen LogP contribution in [0.25, 0.3) is 0 Å². The molecule has 6 atom stereocenters. The third kappa shape index (κ3) is 3.57. The maximum absolute atomic E-state index is 11.4. The first-order valence-electron chi connectivity index (χ1n) is 11.4. The minimum Gasteiger partial charge on any atom is -0.462 e. The average molecular weight is 401 g/mol. The van der Waals surface area contributed by atoms with Crippen molar-refractivity contribution in [1.29, 1.82) is 0 Å². The highest BCUT2D eigenvalue weighted by atomic mass is 16.5. The molecular weight excluding hydrogens is 364 g/mol. The van der Waals surface area contributed by atoms with Gasteiger partial charge in [0, 0.05) is 20.3 Å². The van der Waals surface area contributed by atoms with E-state index < -0.39 is 0 Å². The van der Waals surface area contributed by atoms with Crippen LogP contribution in [0.4, 0.5) is 0 Å². The van der Waals surface area contributed by atoms with Crippen LogP contribution in [0.3, 0.4) is 0 Å². The van der Waals surface area contributed by atoms with Crippen LogP contribution in [0, 0.1) is 28.6 Å². The predicted octanol–water partition coefficient (Wildman–Crippen LogP) is 5.37. The van der Waals surface area contributed by atoms with Crippen LogP contribution >= 0.6 is 0 Å². The van der Waals surface area contributed by atoms with Crippen molar-refractivity contribution in [1.82, 2.24) is 0 Å². The van der Waals surface area contributed by atoms with Gasteiger partial charge in [-0.25, -0.2) is 0 Å². The molecule has 0 heterocycles. The van der Waals surface area contributed by atoms with Gasteiger partial charge in [0.2, 0.25) is 0 Å². The quantitative estimate of drug-likeness (QED) is 0.472. The van der Waals surface area contributed by atoms with Crippen molar-refractivity contribution < 1.29 is 19.1 Å². The third-order valence-electron chi connectivity index (χ3n) is 8.86. The molecule has 0 saturated heterocycles. The molecule has 4 aliphatic rings. The second kappa shape index (κ2) is 7.59. The van der Waals surface area contributed by atoms with Gasteiger partial charge in [0.25, 0.3) is 0 Å². The summed E-state index contributed by atoms with van der Waals surface area (Å²) in [5.74, 6) is 1.86. The van der Waals surface area contributed by atoms with Gasteiger partial charge in [-0.2, -0.15) is 0 Å². The Balaban J connectivity index is 1.52. The number of rotatable bonds is 3. The van der Waals surface area contributed by atoms with E-state index in [2.05, 4.69) is 26.0 Å². The Morgan fingerprint density at radius 2 is 1.79 bits per heavy atom. The van der Waals surface area contributed by atoms with Crippen molar-refractivity contribution in [3.8, 4) is 0 Å². The first kappa shape index (κ1) is 20.7. The number of ether oxygens (including phenoxy) is 2. The van der Waals surface area contributed by atoms with Crippen LogP contribution in [-0.2, 0) is 19.1 Å². The molecule has 0 aromatic heterocycles. The lowest BCUT2D eigenvalue weighted by Crippen LogP contribution is -2.49. The minimum atomic E-state index is -0.201. The summed E-state index contributed by atoms with van der Waals surface area (Å²) in [6.07, 6.45) is 13.9. The molecule has 3 saturated carbocycles. The van der Waals surface area contributed by atoms with E-state index in [1.807, 2.05) is 0 Å². The highest BCUT2D eigenvalue weighted by Crippen LogP contribution is 2.66. The highest BCUT2D eigenvalue weighted by Gasteiger charge is 2.57. The van der Waals surface area contributed by atoms with E-state index in [0.717, 1.165) is 43.4 Å². The largest absolute Gasteiger partial charge is 0.462 e. The Labute approximate surface area is 175 Å². The molecule has 0 unspecified atom stereocenters. The number of carbonyl (C=O) groups excluding carboxylic acids is 2. The molecule has 0 bridgehead atoms. The van der Waals surface area contributed by atoms with Gasteiger partial charge in [0.15, 0.2) is 0 Å². The Morgan fingerprint density at radius 3 is 2.52 bits per heavy atom. The molecule has 0 amide bonds. The summed E-state index contributed by atoms with van der Waals surface area (Å²) in [5, 5.41) is 0. The van der Waals surface area contributed by atoms with E-state index in [9.17, 15) is 9.59 Å². The minimum absolute atomic E-state index is 0.0690. The second-order valence-electron chi connectivity index (χ2n) is 10.3. The van der Waals surface area contributed by atoms with Crippen LogP contribution in [-0.4, -0.2) is 24.6 Å². The van der Waals surface area contributed by atoms with Crippen molar-refractivity contribution in [2.24, 2.45) is 28.6 Å². The van der Waals surface area contributed by atoms with Crippen LogP contribution in [0.5, 0.6) is 0 Å². The topological polar surface area (TPSA) is 52.6 Å². The molecule has 0 aromatic carbocycles. The Bertz CT molecular complexity index is 750. The van der Waals surface area contributed by atoms with Crippen molar-refractivity contribution in [2.75, 3.05) is 6.61 Å². The Morgan fingerprint density at radius 1 is 1.07 bits per heavy atom. The second-order valence-corrected chi connectivity index (χ2v) is 10.3. The molecule has 0 aromatic rings. The highest BCUT2D eigenvalue weighted by molar-refractivity contribution is 5.66. The molecule has 4 nitrogen and oxygen atoms in total. The maximum Gasteiger partial charge on any atom is 0.302 e. The van der Waals surface area contributed by atoms with Gasteiger partial charge < -0.3 is 9.47 Å². The fraction of sp³-hybridized carbons (Fsp3) is 0.760. The van der Waals surface area contributed by atoms with Crippen molar-refractivity contribution in [3.63, 3.8) is 0 Å². The van der Waals surface area contributed by atoms with E-state index in [-0.39, 0.29) is 28.9 Å². The number of hydrogen-bond acceptors (Lipinski definition) is 4. The normalized spacial score (nSPS) is 42.3. The number of hydrogen-bond donors (Lipinski definition) is 0. The number of fused-ring (bicyclic) bond motifs is 5. The van der Waals surface area contributed by atoms with E-state index in [4.69, 9.17) is 9.47 Å². The fourth-order valence-electron chi connectivity index (χ4n) is 7.41. The maximum atomic E-state index is 11.4. The molecule has 0 aliphatic heterocycles. The van der Waals surface area contributed by atoms with Gasteiger partial charge in [-0.1, -0.05) is 31.1 Å². The lowest BCUT2D eigenvalue weighted by atomic mass is 9.48. The summed E-state index contributed by atoms with van der Waals surface area (Å²) in [6, 6.07) is 0. The zero-order valence-corrected chi connectivity index (χ0v) is 18.5. The predicted molar refractivity (Wildman–Crippen MR) is 112 cm³/mol. The molecule has 29 heavy (non-hydrogen) atoms. The zero-order valence-electron chi connectivity index (χ0n) is 18.5. The number of esters is 2. The SMILES string of the molecule is CC(=O)OC/C=C1/CC[C@@H]2[C@H]3CC=C4C[C@H](OC(C)=O)CC[C@]4(C)[C@@H]3CC[C@]12C. The molecule has 4 aliphatic carbocycles. The van der Waals surface area contributed by atoms with Gasteiger partial charge in [-0.05, 0) is 79.6 Å². The summed E-state index contributed by atoms with van der Waals surface area (Å²) in [7, 11) is 0. The summed E-state index contributed by atoms with van der Waals surface area (Å²) < 4.78 is 10.8. The van der Waals surface area contributed by atoms with Crippen LogP contribution in [0.15, 0.2) is 23.3 Å². The summed E-state index contributed by atoms with van der Waals surface area (Å²) in [4.78, 5) is 22.5. The van der Waals surface area contributed by atoms with Crippen molar-refractivity contribution >= 4 is 11.9 Å². The standard InChI is InChI=1S/C25H36O4/c1-16(26)28-14-11-18-6-8-22-21-7-5-19-15-20(29-17(2)27)9-12-25(19,4)23(21)10-13-24(18,22)3/h5,11,20-23H,6-10,12-15H2,1-4H3/b18-11-/t20-,21-,22-,23-,24-,25+/m1/s1. The first-order valence-corrected chi connectivity index (χ1v) is 11.4. The van der Waals surface area contributed by atoms with E-state index in [1.54, 1.807) is 5.57 Å². The van der Waals surface area contributed by atoms with Gasteiger partial charge >= 0.3 is 11.9 Å². The molecule has 3 fully saturated rings. The lowest BCUT2D eigenvalue weighted by molar-refractivity contribution is -0.148. The molecule has 4 heteroatoms. The summed E-state index contributed by atoms with van der Waals surface area (Å²) in [6.45, 7) is 8.36. The smallest absolute Gasteiger partial charge is 0.302 e. The van der Waals surface area contributed by atoms with Crippen LogP contribution < -0.4 is 0 Å². The van der Waals surface area contributed by atoms with Gasteiger partial charge in [0.1, 0.15) is 12.7 Å². The monoisotopic (exact) mass is 400 g/mol. The van der Waals surface area contributed by atoms with Crippen molar-refractivity contribution in [3.05, 3.63) is 23.3 Å². The molecule has 4 rings (SSSR count). The van der Waals surface area contributed by atoms with E-state index in [0.29, 0.717) is 6.61 Å². The zero-order chi connectivity index (χ0) is 20.8. The molecule has 0 radical (unpaired) electrons. The lowest BCUT2D eigenvalue weighted by Gasteiger charge is -2.57. The third-order valence-corrected chi connectivity index (χ3v) is 8.86. The molecule has 0 N–H and O–H groups in total. The summed E-state index contributed by atoms with van der Waals surface area (Å²) in [5.41, 5.74) is 3.59. The van der Waals surface area contributed by atoms with Crippen molar-refractivity contribution in [2.45, 2.75) is 85.2 Å². The molecular formula is C25H36O4. The van der Waals surface area contributed by atoms with Gasteiger partial charge in [-0.3, -0.25) is 9.59 Å². The number of carbonyl (C=O) groups is 2. The van der Waals surface area contributed by atoms with E-state index in [1.165, 1.54) is 45.1 Å². The molecule has 160 valence electrons. The number of allylic oxidation sites excluding steroid dienone is 2. The van der Waals surface area contributed by atoms with Gasteiger partial charge in [-0.15, -0.1) is 0 Å². The fourth-order valence-corrected chi connectivity index (χ4v) is 7.41. The summed E-state index contributed by atoms with van der Waals surface area (Å²) >= 11 is 0. The average Bonchev–Trinajstić information content (AvgIpc) is 2.98. The first-order chi connectivity index (χ1) is 13.7. The van der Waals surface area contributed by atoms with Crippen LogP contribution in [0.2, 0.25) is 0 Å². The van der Waals surface area contributed by atoms with E-state index >= 15 is 0 Å². The Kier molecular flexibility index (Phi) is 5.41. The Hall–Kier alpha value is -1.58. The van der Waals surface area contributed by atoms with Gasteiger partial charge in [0.05, 0.1) is 0 Å². The molecule has 0 spiro atoms.